The van der Waals surface area contributed by atoms with Gasteiger partial charge in [0.15, 0.2) is 0 Å². The van der Waals surface area contributed by atoms with E-state index in [1.165, 1.54) is 0 Å². The maximum absolute atomic E-state index is 13.2. The fourth-order valence-corrected chi connectivity index (χ4v) is 5.47. The van der Waals surface area contributed by atoms with Crippen molar-refractivity contribution in [3.63, 3.8) is 0 Å². The van der Waals surface area contributed by atoms with Gasteiger partial charge in [-0.05, 0) is 17.5 Å². The monoisotopic (exact) mass is 410 g/mol. The van der Waals surface area contributed by atoms with Crippen molar-refractivity contribution in [2.24, 2.45) is 11.8 Å². The van der Waals surface area contributed by atoms with Gasteiger partial charge in [0, 0.05) is 17.0 Å². The number of amides is 2. The number of para-hydroxylation sites is 1. The Morgan fingerprint density at radius 3 is 3.00 bits per heavy atom. The average Bonchev–Trinajstić information content (AvgIpc) is 3.50. The molecule has 29 heavy (non-hydrogen) atoms. The number of rotatable bonds is 6. The number of hydrogen-bond acceptors (Lipinski definition) is 5. The predicted molar refractivity (Wildman–Crippen MR) is 108 cm³/mol. The number of nitrogens with zero attached hydrogens (tertiary/aromatic N) is 1. The first-order valence-corrected chi connectivity index (χ1v) is 10.6. The van der Waals surface area contributed by atoms with Crippen molar-refractivity contribution in [1.29, 1.82) is 0 Å². The molecule has 6 nitrogen and oxygen atoms in total. The van der Waals surface area contributed by atoms with Crippen molar-refractivity contribution in [3.8, 4) is 5.75 Å². The third-order valence-electron chi connectivity index (χ3n) is 6.05. The highest BCUT2D eigenvalue weighted by Crippen LogP contribution is 2.52. The first-order valence-electron chi connectivity index (χ1n) is 9.69. The second-order valence-electron chi connectivity index (χ2n) is 7.70. The number of carbonyl (C=O) groups is 2. The Morgan fingerprint density at radius 2 is 2.21 bits per heavy atom. The summed E-state index contributed by atoms with van der Waals surface area (Å²) >= 11 is 1.63. The molecule has 0 saturated carbocycles. The summed E-state index contributed by atoms with van der Waals surface area (Å²) in [4.78, 5) is 29.2. The lowest BCUT2D eigenvalue weighted by atomic mass is 9.77. The van der Waals surface area contributed by atoms with E-state index in [1.54, 1.807) is 18.4 Å². The van der Waals surface area contributed by atoms with Crippen LogP contribution < -0.4 is 10.1 Å². The SMILES string of the molecule is COc1ccccc1CNC(=O)[C@H]1[C@@H]2C=C[C@]3(CN(Cc4cccs4)C(=O)[C@H]13)O2. The van der Waals surface area contributed by atoms with E-state index in [9.17, 15) is 9.59 Å². The molecule has 0 aliphatic carbocycles. The molecule has 2 bridgehead atoms. The van der Waals surface area contributed by atoms with Crippen LogP contribution in [0.15, 0.2) is 53.9 Å². The van der Waals surface area contributed by atoms with E-state index in [4.69, 9.17) is 9.47 Å². The van der Waals surface area contributed by atoms with Gasteiger partial charge >= 0.3 is 0 Å². The Kier molecular flexibility index (Phi) is 4.44. The molecule has 3 aliphatic heterocycles. The minimum atomic E-state index is -0.675. The normalized spacial score (nSPS) is 29.3. The molecule has 0 unspecified atom stereocenters. The lowest BCUT2D eigenvalue weighted by Crippen LogP contribution is -2.43. The van der Waals surface area contributed by atoms with E-state index in [1.807, 2.05) is 58.8 Å². The standard InChI is InChI=1S/C22H22N2O4S/c1-27-16-7-3-2-5-14(16)11-23-20(25)18-17-8-9-22(28-17)13-24(21(26)19(18)22)12-15-6-4-10-29-15/h2-10,17-19H,11-13H2,1H3,(H,23,25)/t17-,18-,19-,22+/m0/s1. The van der Waals surface area contributed by atoms with E-state index in [-0.39, 0.29) is 17.9 Å². The quantitative estimate of drug-likeness (QED) is 0.743. The van der Waals surface area contributed by atoms with Crippen LogP contribution in [-0.4, -0.2) is 42.1 Å². The Hall–Kier alpha value is -2.64. The Labute approximate surface area is 173 Å². The summed E-state index contributed by atoms with van der Waals surface area (Å²) in [7, 11) is 1.61. The summed E-state index contributed by atoms with van der Waals surface area (Å²) in [6.07, 6.45) is 3.58. The van der Waals surface area contributed by atoms with Crippen molar-refractivity contribution in [2.75, 3.05) is 13.7 Å². The van der Waals surface area contributed by atoms with Gasteiger partial charge < -0.3 is 19.7 Å². The maximum atomic E-state index is 13.2. The summed E-state index contributed by atoms with van der Waals surface area (Å²) in [6, 6.07) is 11.6. The van der Waals surface area contributed by atoms with Gasteiger partial charge in [-0.1, -0.05) is 36.4 Å². The zero-order valence-corrected chi connectivity index (χ0v) is 16.9. The van der Waals surface area contributed by atoms with E-state index < -0.39 is 17.4 Å². The molecule has 7 heteroatoms. The molecule has 4 atom stereocenters. The molecule has 2 aromatic rings. The van der Waals surface area contributed by atoms with Gasteiger partial charge in [0.1, 0.15) is 11.4 Å². The topological polar surface area (TPSA) is 67.9 Å². The first kappa shape index (κ1) is 18.4. The zero-order chi connectivity index (χ0) is 20.0. The van der Waals surface area contributed by atoms with E-state index >= 15 is 0 Å². The van der Waals surface area contributed by atoms with Gasteiger partial charge in [-0.2, -0.15) is 0 Å². The molecule has 1 aromatic carbocycles. The van der Waals surface area contributed by atoms with Crippen LogP contribution in [-0.2, 0) is 27.4 Å². The fraction of sp³-hybridized carbons (Fsp3) is 0.364. The highest BCUT2D eigenvalue weighted by Gasteiger charge is 2.66. The number of benzene rings is 1. The number of ether oxygens (including phenoxy) is 2. The average molecular weight is 410 g/mol. The Morgan fingerprint density at radius 1 is 1.34 bits per heavy atom. The van der Waals surface area contributed by atoms with Crippen LogP contribution >= 0.6 is 11.3 Å². The highest BCUT2D eigenvalue weighted by atomic mass is 32.1. The van der Waals surface area contributed by atoms with E-state index in [0.717, 1.165) is 16.2 Å². The Bertz CT molecular complexity index is 973. The number of carbonyl (C=O) groups excluding carboxylic acids is 2. The molecule has 5 rings (SSSR count). The van der Waals surface area contributed by atoms with Crippen LogP contribution in [0.25, 0.3) is 0 Å². The van der Waals surface area contributed by atoms with Crippen LogP contribution in [0.3, 0.4) is 0 Å². The predicted octanol–water partition coefficient (Wildman–Crippen LogP) is 2.36. The second kappa shape index (κ2) is 7.00. The summed E-state index contributed by atoms with van der Waals surface area (Å²) in [5.41, 5.74) is 0.223. The van der Waals surface area contributed by atoms with Crippen LogP contribution in [0.1, 0.15) is 10.4 Å². The second-order valence-corrected chi connectivity index (χ2v) is 8.74. The zero-order valence-electron chi connectivity index (χ0n) is 16.0. The van der Waals surface area contributed by atoms with Gasteiger partial charge in [-0.3, -0.25) is 9.59 Å². The molecule has 0 radical (unpaired) electrons. The van der Waals surface area contributed by atoms with Crippen molar-refractivity contribution in [1.82, 2.24) is 10.2 Å². The van der Waals surface area contributed by atoms with E-state index in [0.29, 0.717) is 19.6 Å². The van der Waals surface area contributed by atoms with Gasteiger partial charge in [0.25, 0.3) is 0 Å². The molecule has 2 fully saturated rings. The molecule has 1 aromatic heterocycles. The first-order chi connectivity index (χ1) is 14.1. The molecule has 150 valence electrons. The number of hydrogen-bond donors (Lipinski definition) is 1. The van der Waals surface area contributed by atoms with Crippen LogP contribution in [0, 0.1) is 11.8 Å². The molecule has 4 heterocycles. The highest BCUT2D eigenvalue weighted by molar-refractivity contribution is 7.09. The van der Waals surface area contributed by atoms with Crippen LogP contribution in [0.5, 0.6) is 5.75 Å². The summed E-state index contributed by atoms with van der Waals surface area (Å²) in [5.74, 6) is -0.385. The molecule has 3 aliphatic rings. The number of methoxy groups -OCH3 is 1. The van der Waals surface area contributed by atoms with Crippen molar-refractivity contribution >= 4 is 23.2 Å². The van der Waals surface area contributed by atoms with Gasteiger partial charge in [-0.25, -0.2) is 0 Å². The molecular formula is C22H22N2O4S. The van der Waals surface area contributed by atoms with Crippen molar-refractivity contribution in [2.45, 2.75) is 24.8 Å². The number of likely N-dealkylation sites (tertiary alicyclic amines) is 1. The molecular weight excluding hydrogens is 388 g/mol. The van der Waals surface area contributed by atoms with Crippen molar-refractivity contribution < 1.29 is 19.1 Å². The third-order valence-corrected chi connectivity index (χ3v) is 6.92. The summed E-state index contributed by atoms with van der Waals surface area (Å²) in [6.45, 7) is 1.41. The minimum absolute atomic E-state index is 0.00249. The maximum Gasteiger partial charge on any atom is 0.230 e. The fourth-order valence-electron chi connectivity index (χ4n) is 4.75. The lowest BCUT2D eigenvalue weighted by Gasteiger charge is -2.23. The molecule has 2 amide bonds. The smallest absolute Gasteiger partial charge is 0.230 e. The number of nitrogens with one attached hydrogen (secondary N) is 1. The number of fused-ring (bicyclic) bond motifs is 1. The summed E-state index contributed by atoms with van der Waals surface area (Å²) in [5, 5.41) is 4.99. The summed E-state index contributed by atoms with van der Waals surface area (Å²) < 4.78 is 11.5. The van der Waals surface area contributed by atoms with Gasteiger partial charge in [-0.15, -0.1) is 11.3 Å². The third kappa shape index (κ3) is 2.96. The van der Waals surface area contributed by atoms with Crippen molar-refractivity contribution in [3.05, 3.63) is 64.4 Å². The largest absolute Gasteiger partial charge is 0.496 e. The molecule has 1 spiro atoms. The van der Waals surface area contributed by atoms with Crippen LogP contribution in [0.2, 0.25) is 0 Å². The molecule has 1 N–H and O–H groups in total. The van der Waals surface area contributed by atoms with Crippen LogP contribution in [0.4, 0.5) is 0 Å². The lowest BCUT2D eigenvalue weighted by molar-refractivity contribution is -0.137. The van der Waals surface area contributed by atoms with Gasteiger partial charge in [0.2, 0.25) is 11.8 Å². The minimum Gasteiger partial charge on any atom is -0.496 e. The number of thiophene rings is 1. The Balaban J connectivity index is 1.33. The molecule has 2 saturated heterocycles. The van der Waals surface area contributed by atoms with Gasteiger partial charge in [0.05, 0.1) is 38.1 Å². The van der Waals surface area contributed by atoms with E-state index in [2.05, 4.69) is 5.32 Å².